The van der Waals surface area contributed by atoms with Gasteiger partial charge in [-0.15, -0.1) is 0 Å². The van der Waals surface area contributed by atoms with Crippen LogP contribution in [0.2, 0.25) is 5.02 Å². The highest BCUT2D eigenvalue weighted by atomic mass is 35.5. The van der Waals surface area contributed by atoms with Crippen molar-refractivity contribution in [2.45, 2.75) is 13.5 Å². The van der Waals surface area contributed by atoms with Gasteiger partial charge in [0, 0.05) is 17.8 Å². The van der Waals surface area contributed by atoms with E-state index in [1.54, 1.807) is 24.3 Å². The standard InChI is InChI=1S/C15H12ClFN2/c1-10-5-6-11(8-18)7-14(10)19-9-12-3-2-4-13(16)15(12)17/h2-7,19H,9H2,1H3. The summed E-state index contributed by atoms with van der Waals surface area (Å²) in [5.41, 5.74) is 2.88. The highest BCUT2D eigenvalue weighted by Crippen LogP contribution is 2.21. The number of anilines is 1. The van der Waals surface area contributed by atoms with E-state index >= 15 is 0 Å². The third kappa shape index (κ3) is 3.04. The lowest BCUT2D eigenvalue weighted by Gasteiger charge is -2.11. The monoisotopic (exact) mass is 274 g/mol. The molecule has 0 amide bonds. The zero-order valence-corrected chi connectivity index (χ0v) is 11.1. The average molecular weight is 275 g/mol. The fraction of sp³-hybridized carbons (Fsp3) is 0.133. The first-order valence-corrected chi connectivity index (χ1v) is 6.17. The van der Waals surface area contributed by atoms with E-state index in [1.807, 2.05) is 13.0 Å². The Hall–Kier alpha value is -2.05. The van der Waals surface area contributed by atoms with Crippen molar-refractivity contribution in [3.8, 4) is 6.07 Å². The molecular formula is C15H12ClFN2. The SMILES string of the molecule is Cc1ccc(C#N)cc1NCc1cccc(Cl)c1F. The molecule has 0 fully saturated rings. The van der Waals surface area contributed by atoms with Gasteiger partial charge in [0.2, 0.25) is 0 Å². The molecule has 0 heterocycles. The second-order valence-electron chi connectivity index (χ2n) is 4.21. The molecule has 0 aromatic heterocycles. The van der Waals surface area contributed by atoms with E-state index in [0.717, 1.165) is 11.3 Å². The quantitative estimate of drug-likeness (QED) is 0.907. The number of rotatable bonds is 3. The fourth-order valence-electron chi connectivity index (χ4n) is 1.76. The molecule has 0 unspecified atom stereocenters. The van der Waals surface area contributed by atoms with Crippen LogP contribution in [0.3, 0.4) is 0 Å². The topological polar surface area (TPSA) is 35.8 Å². The van der Waals surface area contributed by atoms with Crippen LogP contribution in [0.5, 0.6) is 0 Å². The summed E-state index contributed by atoms with van der Waals surface area (Å²) in [6.07, 6.45) is 0. The Morgan fingerprint density at radius 1 is 1.32 bits per heavy atom. The minimum atomic E-state index is -0.411. The van der Waals surface area contributed by atoms with Gasteiger partial charge < -0.3 is 5.32 Å². The predicted octanol–water partition coefficient (Wildman–Crippen LogP) is 4.27. The largest absolute Gasteiger partial charge is 0.381 e. The van der Waals surface area contributed by atoms with E-state index in [2.05, 4.69) is 11.4 Å². The normalized spacial score (nSPS) is 10.0. The van der Waals surface area contributed by atoms with E-state index in [-0.39, 0.29) is 5.02 Å². The first kappa shape index (κ1) is 13.4. The molecule has 2 aromatic carbocycles. The number of aryl methyl sites for hydroxylation is 1. The van der Waals surface area contributed by atoms with Crippen molar-refractivity contribution in [2.24, 2.45) is 0 Å². The number of nitrogens with zero attached hydrogens (tertiary/aromatic N) is 1. The zero-order chi connectivity index (χ0) is 13.8. The average Bonchev–Trinajstić information content (AvgIpc) is 2.42. The number of hydrogen-bond acceptors (Lipinski definition) is 2. The highest BCUT2D eigenvalue weighted by Gasteiger charge is 2.06. The van der Waals surface area contributed by atoms with Crippen LogP contribution in [0, 0.1) is 24.1 Å². The van der Waals surface area contributed by atoms with E-state index < -0.39 is 5.82 Å². The lowest BCUT2D eigenvalue weighted by atomic mass is 10.1. The Labute approximate surface area is 116 Å². The maximum Gasteiger partial charge on any atom is 0.146 e. The van der Waals surface area contributed by atoms with Gasteiger partial charge in [0.15, 0.2) is 0 Å². The maximum atomic E-state index is 13.7. The van der Waals surface area contributed by atoms with Crippen LogP contribution >= 0.6 is 11.6 Å². The summed E-state index contributed by atoms with van der Waals surface area (Å²) in [5, 5.41) is 12.1. The number of nitrogens with one attached hydrogen (secondary N) is 1. The molecular weight excluding hydrogens is 263 g/mol. The highest BCUT2D eigenvalue weighted by molar-refractivity contribution is 6.30. The summed E-state index contributed by atoms with van der Waals surface area (Å²) >= 11 is 5.73. The van der Waals surface area contributed by atoms with Gasteiger partial charge in [-0.05, 0) is 30.7 Å². The summed E-state index contributed by atoms with van der Waals surface area (Å²) in [6, 6.07) is 12.3. The molecule has 2 rings (SSSR count). The molecule has 0 aliphatic heterocycles. The maximum absolute atomic E-state index is 13.7. The molecule has 19 heavy (non-hydrogen) atoms. The first-order valence-electron chi connectivity index (χ1n) is 5.79. The molecule has 2 aromatic rings. The van der Waals surface area contributed by atoms with Crippen LogP contribution in [0.4, 0.5) is 10.1 Å². The Kier molecular flexibility index (Phi) is 4.03. The van der Waals surface area contributed by atoms with Crippen molar-refractivity contribution in [1.82, 2.24) is 0 Å². The smallest absolute Gasteiger partial charge is 0.146 e. The number of halogens is 2. The summed E-state index contributed by atoms with van der Waals surface area (Å²) in [6.45, 7) is 2.25. The molecule has 96 valence electrons. The van der Waals surface area contributed by atoms with E-state index in [0.29, 0.717) is 17.7 Å². The molecule has 0 saturated carbocycles. The van der Waals surface area contributed by atoms with Crippen LogP contribution in [-0.4, -0.2) is 0 Å². The summed E-state index contributed by atoms with van der Waals surface area (Å²) < 4.78 is 13.7. The minimum absolute atomic E-state index is 0.113. The number of hydrogen-bond donors (Lipinski definition) is 1. The van der Waals surface area contributed by atoms with Gasteiger partial charge in [-0.25, -0.2) is 4.39 Å². The van der Waals surface area contributed by atoms with Gasteiger partial charge in [0.1, 0.15) is 5.82 Å². The Morgan fingerprint density at radius 3 is 2.84 bits per heavy atom. The van der Waals surface area contributed by atoms with Crippen LogP contribution < -0.4 is 5.32 Å². The van der Waals surface area contributed by atoms with Gasteiger partial charge in [0.25, 0.3) is 0 Å². The van der Waals surface area contributed by atoms with E-state index in [4.69, 9.17) is 16.9 Å². The second-order valence-corrected chi connectivity index (χ2v) is 4.62. The van der Waals surface area contributed by atoms with Crippen molar-refractivity contribution >= 4 is 17.3 Å². The minimum Gasteiger partial charge on any atom is -0.381 e. The van der Waals surface area contributed by atoms with Crippen molar-refractivity contribution < 1.29 is 4.39 Å². The Balaban J connectivity index is 2.19. The van der Waals surface area contributed by atoms with Gasteiger partial charge in [-0.3, -0.25) is 0 Å². The van der Waals surface area contributed by atoms with Crippen molar-refractivity contribution in [3.05, 3.63) is 63.9 Å². The Morgan fingerprint density at radius 2 is 2.11 bits per heavy atom. The molecule has 0 spiro atoms. The third-order valence-corrected chi connectivity index (χ3v) is 3.16. The molecule has 0 aliphatic carbocycles. The third-order valence-electron chi connectivity index (χ3n) is 2.87. The fourth-order valence-corrected chi connectivity index (χ4v) is 1.95. The number of nitriles is 1. The molecule has 0 radical (unpaired) electrons. The van der Waals surface area contributed by atoms with Crippen molar-refractivity contribution in [3.63, 3.8) is 0 Å². The lowest BCUT2D eigenvalue weighted by Crippen LogP contribution is -2.03. The predicted molar refractivity (Wildman–Crippen MR) is 74.6 cm³/mol. The van der Waals surface area contributed by atoms with E-state index in [9.17, 15) is 4.39 Å². The summed E-state index contributed by atoms with van der Waals surface area (Å²) in [7, 11) is 0. The van der Waals surface area contributed by atoms with Gasteiger partial charge in [-0.1, -0.05) is 29.8 Å². The molecule has 0 atom stereocenters. The molecule has 0 saturated heterocycles. The molecule has 1 N–H and O–H groups in total. The molecule has 0 aliphatic rings. The van der Waals surface area contributed by atoms with Gasteiger partial charge in [0.05, 0.1) is 16.7 Å². The van der Waals surface area contributed by atoms with Crippen molar-refractivity contribution in [1.29, 1.82) is 5.26 Å². The molecule has 4 heteroatoms. The van der Waals surface area contributed by atoms with Crippen LogP contribution in [0.1, 0.15) is 16.7 Å². The lowest BCUT2D eigenvalue weighted by molar-refractivity contribution is 0.613. The first-order chi connectivity index (χ1) is 9.11. The van der Waals surface area contributed by atoms with Crippen molar-refractivity contribution in [2.75, 3.05) is 5.32 Å². The van der Waals surface area contributed by atoms with E-state index in [1.165, 1.54) is 6.07 Å². The summed E-state index contributed by atoms with van der Waals surface area (Å²) in [4.78, 5) is 0. The van der Waals surface area contributed by atoms with Gasteiger partial charge in [-0.2, -0.15) is 5.26 Å². The van der Waals surface area contributed by atoms with Gasteiger partial charge >= 0.3 is 0 Å². The summed E-state index contributed by atoms with van der Waals surface area (Å²) in [5.74, 6) is -0.411. The second kappa shape index (κ2) is 5.73. The zero-order valence-electron chi connectivity index (χ0n) is 10.4. The van der Waals surface area contributed by atoms with Crippen LogP contribution in [0.25, 0.3) is 0 Å². The molecule has 2 nitrogen and oxygen atoms in total. The molecule has 0 bridgehead atoms. The number of benzene rings is 2. The van der Waals surface area contributed by atoms with Crippen LogP contribution in [0.15, 0.2) is 36.4 Å². The van der Waals surface area contributed by atoms with Crippen LogP contribution in [-0.2, 0) is 6.54 Å². The Bertz CT molecular complexity index is 647.